The Kier molecular flexibility index (Phi) is 32.5. The average molecular weight is 177 g/mol. The Morgan fingerprint density at radius 2 is 1.67 bits per heavy atom. The Morgan fingerprint density at radius 1 is 1.25 bits per heavy atom. The Morgan fingerprint density at radius 3 is 1.92 bits per heavy atom. The van der Waals surface area contributed by atoms with Crippen molar-refractivity contribution in [2.75, 3.05) is 6.61 Å². The van der Waals surface area contributed by atoms with Gasteiger partial charge in [-0.25, -0.2) is 0 Å². The summed E-state index contributed by atoms with van der Waals surface area (Å²) in [5.41, 5.74) is 0. The van der Waals surface area contributed by atoms with Gasteiger partial charge in [0.25, 0.3) is 0 Å². The summed E-state index contributed by atoms with van der Waals surface area (Å²) in [4.78, 5) is 0. The number of hydrogen-bond donors (Lipinski definition) is 1. The van der Waals surface area contributed by atoms with Crippen LogP contribution in [0, 0.1) is 0 Å². The second kappa shape index (κ2) is 22.4. The number of hydrogen-bond acceptors (Lipinski definition) is 3. The number of ether oxygens (including phenoxy) is 1. The first-order chi connectivity index (χ1) is 5.81. The van der Waals surface area contributed by atoms with Crippen molar-refractivity contribution in [3.63, 3.8) is 0 Å². The molecular weight excluding hydrogens is 154 g/mol. The maximum atomic E-state index is 8.02. The van der Waals surface area contributed by atoms with Gasteiger partial charge < -0.3 is 9.94 Å². The third kappa shape index (κ3) is 22.8. The highest BCUT2D eigenvalue weighted by Gasteiger charge is 1.85. The summed E-state index contributed by atoms with van der Waals surface area (Å²) in [7, 11) is 0. The highest BCUT2D eigenvalue weighted by atomic mass is 16.5. The van der Waals surface area contributed by atoms with Crippen LogP contribution in [-0.2, 0) is 4.74 Å². The molecule has 0 unspecified atom stereocenters. The maximum Gasteiger partial charge on any atom is 0.222 e. The lowest BCUT2D eigenvalue weighted by Crippen LogP contribution is -1.99. The summed E-state index contributed by atoms with van der Waals surface area (Å²) >= 11 is 0. The lowest BCUT2D eigenvalue weighted by molar-refractivity contribution is 0.253. The third-order valence-corrected chi connectivity index (χ3v) is 0.656. The Labute approximate surface area is 76.4 Å². The molecule has 0 radical (unpaired) electrons. The van der Waals surface area contributed by atoms with Crippen LogP contribution in [0.15, 0.2) is 5.16 Å². The molecule has 0 amide bonds. The molecule has 0 aliphatic rings. The van der Waals surface area contributed by atoms with E-state index in [4.69, 9.17) is 9.94 Å². The minimum Gasteiger partial charge on any atom is -0.479 e. The zero-order chi connectivity index (χ0) is 10.4. The van der Waals surface area contributed by atoms with Gasteiger partial charge in [-0.2, -0.15) is 0 Å². The first-order valence-corrected chi connectivity index (χ1v) is 4.62. The molecule has 0 spiro atoms. The van der Waals surface area contributed by atoms with Gasteiger partial charge >= 0.3 is 0 Å². The van der Waals surface area contributed by atoms with Crippen LogP contribution < -0.4 is 0 Å². The van der Waals surface area contributed by atoms with Gasteiger partial charge in [0.1, 0.15) is 0 Å². The molecule has 0 aliphatic heterocycles. The molecular formula is C9H23NO2. The van der Waals surface area contributed by atoms with Crippen LogP contribution in [0.2, 0.25) is 0 Å². The van der Waals surface area contributed by atoms with E-state index in [1.54, 1.807) is 6.92 Å². The highest BCUT2D eigenvalue weighted by molar-refractivity contribution is 5.72. The van der Waals surface area contributed by atoms with Gasteiger partial charge in [0.2, 0.25) is 5.90 Å². The summed E-state index contributed by atoms with van der Waals surface area (Å²) in [5.74, 6) is 0.326. The molecule has 0 aliphatic carbocycles. The van der Waals surface area contributed by atoms with Crippen molar-refractivity contribution < 1.29 is 9.94 Å². The predicted molar refractivity (Wildman–Crippen MR) is 53.8 cm³/mol. The quantitative estimate of drug-likeness (QED) is 0.304. The normalized spacial score (nSPS) is 8.67. The van der Waals surface area contributed by atoms with Crippen molar-refractivity contribution in [1.29, 1.82) is 0 Å². The third-order valence-electron chi connectivity index (χ3n) is 0.656. The minimum absolute atomic E-state index is 0.326. The molecule has 0 aromatic heterocycles. The smallest absolute Gasteiger partial charge is 0.222 e. The summed E-state index contributed by atoms with van der Waals surface area (Å²) in [6, 6.07) is 0. The molecule has 0 rings (SSSR count). The van der Waals surface area contributed by atoms with Crippen LogP contribution in [0.3, 0.4) is 0 Å². The molecule has 0 atom stereocenters. The zero-order valence-electron chi connectivity index (χ0n) is 9.22. The number of rotatable bonds is 2. The van der Waals surface area contributed by atoms with Crippen LogP contribution in [0.4, 0.5) is 0 Å². The monoisotopic (exact) mass is 177 g/mol. The highest BCUT2D eigenvalue weighted by Crippen LogP contribution is 1.81. The molecule has 0 aromatic rings. The van der Waals surface area contributed by atoms with Crippen molar-refractivity contribution >= 4 is 5.90 Å². The molecule has 0 saturated carbocycles. The second-order valence-corrected chi connectivity index (χ2v) is 1.47. The second-order valence-electron chi connectivity index (χ2n) is 1.47. The fourth-order valence-corrected chi connectivity index (χ4v) is 0.279. The molecule has 12 heavy (non-hydrogen) atoms. The van der Waals surface area contributed by atoms with Gasteiger partial charge in [-0.3, -0.25) is 0 Å². The first kappa shape index (κ1) is 17.4. The lowest BCUT2D eigenvalue weighted by Gasteiger charge is -1.98. The molecule has 0 aromatic carbocycles. The topological polar surface area (TPSA) is 41.8 Å². The van der Waals surface area contributed by atoms with E-state index in [2.05, 4.69) is 5.16 Å². The number of oxime groups is 1. The molecule has 0 heterocycles. The summed E-state index contributed by atoms with van der Waals surface area (Å²) in [6.45, 7) is 12.2. The van der Waals surface area contributed by atoms with Crippen molar-refractivity contribution in [2.24, 2.45) is 5.16 Å². The average Bonchev–Trinajstić information content (AvgIpc) is 2.20. The summed E-state index contributed by atoms with van der Waals surface area (Å²) in [5, 5.41) is 10.8. The fourth-order valence-electron chi connectivity index (χ4n) is 0.279. The molecule has 1 N–H and O–H groups in total. The molecule has 0 bridgehead atoms. The van der Waals surface area contributed by atoms with Gasteiger partial charge in [-0.05, 0) is 6.42 Å². The van der Waals surface area contributed by atoms with E-state index < -0.39 is 0 Å². The number of nitrogens with zero attached hydrogens (tertiary/aromatic N) is 1. The van der Waals surface area contributed by atoms with Gasteiger partial charge in [0, 0.05) is 6.92 Å². The zero-order valence-corrected chi connectivity index (χ0v) is 9.22. The summed E-state index contributed by atoms with van der Waals surface area (Å²) < 4.78 is 4.84. The standard InChI is InChI=1S/C5H11NO2.2C2H6/c1-3-4-8-5(2)6-7;2*1-2/h7H,3-4H2,1-2H3;2*1-2H3/b6-5-;;. The van der Waals surface area contributed by atoms with Crippen LogP contribution in [0.25, 0.3) is 0 Å². The molecule has 3 nitrogen and oxygen atoms in total. The van der Waals surface area contributed by atoms with E-state index in [1.165, 1.54) is 0 Å². The van der Waals surface area contributed by atoms with E-state index in [1.807, 2.05) is 34.6 Å². The van der Waals surface area contributed by atoms with Gasteiger partial charge in [-0.1, -0.05) is 39.8 Å². The van der Waals surface area contributed by atoms with Crippen molar-refractivity contribution in [3.05, 3.63) is 0 Å². The van der Waals surface area contributed by atoms with Crippen LogP contribution in [0.5, 0.6) is 0 Å². The summed E-state index contributed by atoms with van der Waals surface area (Å²) in [6.07, 6.45) is 0.937. The molecule has 76 valence electrons. The Hall–Kier alpha value is -0.730. The van der Waals surface area contributed by atoms with Gasteiger partial charge in [-0.15, -0.1) is 0 Å². The van der Waals surface area contributed by atoms with Crippen LogP contribution in [0.1, 0.15) is 48.0 Å². The Bertz CT molecular complexity index is 82.6. The van der Waals surface area contributed by atoms with E-state index in [9.17, 15) is 0 Å². The fraction of sp³-hybridized carbons (Fsp3) is 0.889. The van der Waals surface area contributed by atoms with E-state index >= 15 is 0 Å². The van der Waals surface area contributed by atoms with Crippen LogP contribution >= 0.6 is 0 Å². The van der Waals surface area contributed by atoms with Gasteiger partial charge in [0.15, 0.2) is 0 Å². The SMILES string of the molecule is CC.CC.CCCO/C(C)=N\O. The van der Waals surface area contributed by atoms with E-state index in [-0.39, 0.29) is 0 Å². The van der Waals surface area contributed by atoms with Crippen LogP contribution in [-0.4, -0.2) is 17.7 Å². The van der Waals surface area contributed by atoms with E-state index in [0.717, 1.165) is 6.42 Å². The Balaban J connectivity index is -0.000000175. The predicted octanol–water partition coefficient (Wildman–Crippen LogP) is 3.27. The first-order valence-electron chi connectivity index (χ1n) is 4.62. The molecule has 0 fully saturated rings. The largest absolute Gasteiger partial charge is 0.479 e. The molecule has 3 heteroatoms. The minimum atomic E-state index is 0.326. The molecule has 0 saturated heterocycles. The van der Waals surface area contributed by atoms with E-state index in [0.29, 0.717) is 12.5 Å². The van der Waals surface area contributed by atoms with Crippen molar-refractivity contribution in [3.8, 4) is 0 Å². The van der Waals surface area contributed by atoms with Gasteiger partial charge in [0.05, 0.1) is 6.61 Å². The lowest BCUT2D eigenvalue weighted by atomic mass is 10.5. The van der Waals surface area contributed by atoms with Crippen molar-refractivity contribution in [2.45, 2.75) is 48.0 Å². The van der Waals surface area contributed by atoms with Crippen molar-refractivity contribution in [1.82, 2.24) is 0 Å². The maximum absolute atomic E-state index is 8.02.